The summed E-state index contributed by atoms with van der Waals surface area (Å²) in [6.07, 6.45) is 7.33. The second-order valence-electron chi connectivity index (χ2n) is 18.9. The van der Waals surface area contributed by atoms with Crippen LogP contribution in [0.25, 0.3) is 66.4 Å². The Hall–Kier alpha value is -7.16. The summed E-state index contributed by atoms with van der Waals surface area (Å²) in [7, 11) is 0. The summed E-state index contributed by atoms with van der Waals surface area (Å²) in [4.78, 5) is 2.51. The normalized spacial score (nSPS) is 18.3. The van der Waals surface area contributed by atoms with Gasteiger partial charge in [-0.2, -0.15) is 0 Å². The molecule has 1 aromatic heterocycles. The minimum Gasteiger partial charge on any atom is -0.333 e. The van der Waals surface area contributed by atoms with Crippen molar-refractivity contribution in [2.75, 3.05) is 4.90 Å². The Labute approximate surface area is 363 Å². The molecule has 2 atom stereocenters. The van der Waals surface area contributed by atoms with Crippen LogP contribution in [0, 0.1) is 0 Å². The van der Waals surface area contributed by atoms with Crippen molar-refractivity contribution in [3.63, 3.8) is 0 Å². The molecule has 0 saturated heterocycles. The van der Waals surface area contributed by atoms with E-state index in [1.165, 1.54) is 111 Å². The predicted molar refractivity (Wildman–Crippen MR) is 260 cm³/mol. The van der Waals surface area contributed by atoms with Gasteiger partial charge in [0.05, 0.1) is 17.1 Å². The Morgan fingerprint density at radius 2 is 1.00 bits per heavy atom. The lowest BCUT2D eigenvalue weighted by Crippen LogP contribution is -2.28. The van der Waals surface area contributed by atoms with Crippen molar-refractivity contribution in [1.82, 2.24) is 4.57 Å². The van der Waals surface area contributed by atoms with Crippen LogP contribution in [0.3, 0.4) is 0 Å². The molecule has 0 saturated carbocycles. The van der Waals surface area contributed by atoms with Gasteiger partial charge in [0.25, 0.3) is 0 Å². The molecule has 0 bridgehead atoms. The molecule has 13 rings (SSSR count). The first kappa shape index (κ1) is 35.6. The van der Waals surface area contributed by atoms with Crippen molar-refractivity contribution >= 4 is 38.8 Å². The van der Waals surface area contributed by atoms with E-state index in [1.54, 1.807) is 0 Å². The standard InChI is InChI=1S/C60H46N2/c1-59(2)51-35-39(37-25-31-55-49(33-37)45-19-11-13-21-53(45)61(55)41-15-7-5-8-16-41)23-27-43(51)47-29-30-48-44-28-24-40(36-52(44)60(3,4)58(48)57(47)59)38-26-32-56-50(34-38)46-20-12-14-22-54(46)62(56)42-17-9-6-10-18-42/h5-36,49,55H,1-4H3. The Kier molecular flexibility index (Phi) is 7.28. The van der Waals surface area contributed by atoms with E-state index in [2.05, 4.69) is 231 Å². The fourth-order valence-electron chi connectivity index (χ4n) is 12.0. The van der Waals surface area contributed by atoms with Crippen LogP contribution in [0.4, 0.5) is 11.4 Å². The molecule has 0 spiro atoms. The summed E-state index contributed by atoms with van der Waals surface area (Å²) < 4.78 is 2.40. The van der Waals surface area contributed by atoms with Gasteiger partial charge in [-0.25, -0.2) is 0 Å². The van der Waals surface area contributed by atoms with E-state index < -0.39 is 0 Å². The highest BCUT2D eigenvalue weighted by Crippen LogP contribution is 2.60. The fraction of sp³-hybridized carbons (Fsp3) is 0.133. The summed E-state index contributed by atoms with van der Waals surface area (Å²) >= 11 is 0. The van der Waals surface area contributed by atoms with Crippen molar-refractivity contribution < 1.29 is 0 Å². The highest BCUT2D eigenvalue weighted by Gasteiger charge is 2.46. The quantitative estimate of drug-likeness (QED) is 0.172. The number of allylic oxidation sites excluding steroid dienone is 2. The van der Waals surface area contributed by atoms with Crippen LogP contribution in [0.15, 0.2) is 194 Å². The lowest BCUT2D eigenvalue weighted by Gasteiger charge is -2.31. The van der Waals surface area contributed by atoms with Gasteiger partial charge in [0.15, 0.2) is 0 Å². The maximum atomic E-state index is 2.53. The average Bonchev–Trinajstić information content (AvgIpc) is 3.97. The van der Waals surface area contributed by atoms with Gasteiger partial charge in [0.1, 0.15) is 0 Å². The molecule has 0 amide bonds. The zero-order valence-corrected chi connectivity index (χ0v) is 35.5. The molecule has 1 aliphatic heterocycles. The molecule has 0 fully saturated rings. The molecule has 8 aromatic carbocycles. The Balaban J connectivity index is 0.867. The number of anilines is 2. The van der Waals surface area contributed by atoms with Crippen LogP contribution in [-0.4, -0.2) is 10.6 Å². The van der Waals surface area contributed by atoms with Crippen molar-refractivity contribution in [3.05, 3.63) is 228 Å². The van der Waals surface area contributed by atoms with Crippen LogP contribution < -0.4 is 4.90 Å². The van der Waals surface area contributed by atoms with Crippen molar-refractivity contribution in [3.8, 4) is 39.1 Å². The van der Waals surface area contributed by atoms with E-state index in [0.717, 1.165) is 0 Å². The first-order valence-corrected chi connectivity index (χ1v) is 22.2. The van der Waals surface area contributed by atoms with Gasteiger partial charge < -0.3 is 9.47 Å². The van der Waals surface area contributed by atoms with E-state index in [4.69, 9.17) is 0 Å². The fourth-order valence-corrected chi connectivity index (χ4v) is 12.0. The maximum absolute atomic E-state index is 2.53. The van der Waals surface area contributed by atoms with Gasteiger partial charge in [-0.3, -0.25) is 0 Å². The van der Waals surface area contributed by atoms with Gasteiger partial charge in [-0.15, -0.1) is 0 Å². The first-order valence-electron chi connectivity index (χ1n) is 22.2. The lowest BCUT2D eigenvalue weighted by molar-refractivity contribution is 0.601. The predicted octanol–water partition coefficient (Wildman–Crippen LogP) is 15.3. The number of aromatic nitrogens is 1. The van der Waals surface area contributed by atoms with Crippen LogP contribution >= 0.6 is 0 Å². The van der Waals surface area contributed by atoms with E-state index in [-0.39, 0.29) is 22.8 Å². The molecular formula is C60H46N2. The zero-order chi connectivity index (χ0) is 41.5. The third kappa shape index (κ3) is 4.81. The maximum Gasteiger partial charge on any atom is 0.0630 e. The van der Waals surface area contributed by atoms with Crippen molar-refractivity contribution in [2.24, 2.45) is 0 Å². The molecule has 2 heterocycles. The number of benzene rings is 8. The number of para-hydroxylation sites is 4. The van der Waals surface area contributed by atoms with Gasteiger partial charge in [-0.05, 0) is 133 Å². The summed E-state index contributed by atoms with van der Waals surface area (Å²) in [5.74, 6) is 0.286. The highest BCUT2D eigenvalue weighted by atomic mass is 15.2. The van der Waals surface area contributed by atoms with Gasteiger partial charge >= 0.3 is 0 Å². The van der Waals surface area contributed by atoms with Crippen LogP contribution in [0.5, 0.6) is 0 Å². The molecule has 9 aromatic rings. The van der Waals surface area contributed by atoms with Crippen LogP contribution in [0.1, 0.15) is 67.0 Å². The molecule has 3 aliphatic carbocycles. The Bertz CT molecular complexity index is 3410. The van der Waals surface area contributed by atoms with Crippen molar-refractivity contribution in [2.45, 2.75) is 50.5 Å². The third-order valence-corrected chi connectivity index (χ3v) is 14.9. The second kappa shape index (κ2) is 12.7. The first-order chi connectivity index (χ1) is 30.3. The molecule has 2 unspecified atom stereocenters. The molecule has 2 heteroatoms. The lowest BCUT2D eigenvalue weighted by atomic mass is 9.72. The largest absolute Gasteiger partial charge is 0.333 e. The molecule has 2 nitrogen and oxygen atoms in total. The minimum absolute atomic E-state index is 0.169. The van der Waals surface area contributed by atoms with Crippen LogP contribution in [0.2, 0.25) is 0 Å². The topological polar surface area (TPSA) is 8.17 Å². The zero-order valence-electron chi connectivity index (χ0n) is 35.5. The summed E-state index contributed by atoms with van der Waals surface area (Å²) in [5, 5.41) is 2.56. The van der Waals surface area contributed by atoms with Crippen molar-refractivity contribution in [1.29, 1.82) is 0 Å². The molecule has 296 valence electrons. The van der Waals surface area contributed by atoms with E-state index in [1.807, 2.05) is 0 Å². The summed E-state index contributed by atoms with van der Waals surface area (Å²) in [6.45, 7) is 9.82. The van der Waals surface area contributed by atoms with E-state index in [9.17, 15) is 0 Å². The van der Waals surface area contributed by atoms with Crippen LogP contribution in [-0.2, 0) is 10.8 Å². The number of nitrogens with zero attached hydrogens (tertiary/aromatic N) is 2. The number of hydrogen-bond acceptors (Lipinski definition) is 1. The third-order valence-electron chi connectivity index (χ3n) is 14.9. The average molecular weight is 795 g/mol. The molecule has 0 radical (unpaired) electrons. The van der Waals surface area contributed by atoms with E-state index >= 15 is 0 Å². The van der Waals surface area contributed by atoms with Gasteiger partial charge in [0.2, 0.25) is 0 Å². The second-order valence-corrected chi connectivity index (χ2v) is 18.9. The summed E-state index contributed by atoms with van der Waals surface area (Å²) in [5.41, 5.74) is 23.6. The Morgan fingerprint density at radius 3 is 1.73 bits per heavy atom. The van der Waals surface area contributed by atoms with Gasteiger partial charge in [-0.1, -0.05) is 161 Å². The summed E-state index contributed by atoms with van der Waals surface area (Å²) in [6, 6.07) is 66.0. The van der Waals surface area contributed by atoms with E-state index in [0.29, 0.717) is 0 Å². The molecule has 4 aliphatic rings. The monoisotopic (exact) mass is 794 g/mol. The number of rotatable bonds is 4. The Morgan fingerprint density at radius 1 is 0.452 bits per heavy atom. The number of fused-ring (bicyclic) bond motifs is 13. The highest BCUT2D eigenvalue weighted by molar-refractivity contribution is 6.10. The molecule has 0 N–H and O–H groups in total. The molecule has 62 heavy (non-hydrogen) atoms. The SMILES string of the molecule is CC1(C)c2cc(C3=CC4c5ccccc5N(c5ccccc5)C4C=C3)ccc2-c2ccc3c(c21)C(C)(C)c1cc(-c2ccc4c(c2)c2ccccc2n4-c2ccccc2)ccc1-3. The molecular weight excluding hydrogens is 749 g/mol. The minimum atomic E-state index is -0.175. The number of hydrogen-bond donors (Lipinski definition) is 0. The van der Waals surface area contributed by atoms with Gasteiger partial charge in [0, 0.05) is 44.6 Å². The smallest absolute Gasteiger partial charge is 0.0630 e.